The molecule has 3 rings (SSSR count). The van der Waals surface area contributed by atoms with Crippen molar-refractivity contribution in [1.29, 1.82) is 5.26 Å². The summed E-state index contributed by atoms with van der Waals surface area (Å²) in [6.45, 7) is 0.994. The van der Waals surface area contributed by atoms with Gasteiger partial charge in [0.25, 0.3) is 5.91 Å². The zero-order valence-corrected chi connectivity index (χ0v) is 11.4. The van der Waals surface area contributed by atoms with Gasteiger partial charge in [-0.25, -0.2) is 4.98 Å². The lowest BCUT2D eigenvalue weighted by molar-refractivity contribution is 0.102. The van der Waals surface area contributed by atoms with E-state index in [2.05, 4.69) is 15.6 Å². The lowest BCUT2D eigenvalue weighted by Crippen LogP contribution is -2.15. The Kier molecular flexibility index (Phi) is 3.52. The molecule has 1 aromatic heterocycles. The molecule has 1 aromatic carbocycles. The van der Waals surface area contributed by atoms with E-state index in [1.165, 1.54) is 11.8 Å². The van der Waals surface area contributed by atoms with Crippen LogP contribution in [0, 0.1) is 11.3 Å². The molecule has 0 aliphatic carbocycles. The van der Waals surface area contributed by atoms with E-state index in [4.69, 9.17) is 5.26 Å². The Hall–Kier alpha value is -2.87. The monoisotopic (exact) mass is 278 g/mol. The van der Waals surface area contributed by atoms with E-state index >= 15 is 0 Å². The first kappa shape index (κ1) is 13.1. The average Bonchev–Trinajstić information content (AvgIpc) is 2.55. The Morgan fingerprint density at radius 3 is 3.00 bits per heavy atom. The van der Waals surface area contributed by atoms with Crippen molar-refractivity contribution in [3.05, 3.63) is 53.3 Å². The van der Waals surface area contributed by atoms with E-state index in [-0.39, 0.29) is 5.91 Å². The van der Waals surface area contributed by atoms with Gasteiger partial charge in [-0.2, -0.15) is 5.26 Å². The maximum absolute atomic E-state index is 12.1. The van der Waals surface area contributed by atoms with Gasteiger partial charge in [0, 0.05) is 24.1 Å². The quantitative estimate of drug-likeness (QED) is 0.885. The average molecular weight is 278 g/mol. The molecule has 0 saturated heterocycles. The molecule has 5 heteroatoms. The number of hydrogen-bond donors (Lipinski definition) is 2. The van der Waals surface area contributed by atoms with Crippen molar-refractivity contribution in [2.45, 2.75) is 12.8 Å². The summed E-state index contributed by atoms with van der Waals surface area (Å²) in [5.41, 5.74) is 3.84. The van der Waals surface area contributed by atoms with Crippen molar-refractivity contribution in [1.82, 2.24) is 4.98 Å². The number of carbonyl (C=O) groups is 1. The van der Waals surface area contributed by atoms with Gasteiger partial charge >= 0.3 is 0 Å². The summed E-state index contributed by atoms with van der Waals surface area (Å²) in [7, 11) is 0. The molecule has 2 heterocycles. The van der Waals surface area contributed by atoms with Crippen LogP contribution in [0.15, 0.2) is 36.5 Å². The Balaban J connectivity index is 1.76. The van der Waals surface area contributed by atoms with Crippen LogP contribution in [-0.2, 0) is 6.42 Å². The largest absolute Gasteiger partial charge is 0.385 e. The van der Waals surface area contributed by atoms with E-state index in [0.29, 0.717) is 11.3 Å². The number of anilines is 2. The molecule has 2 N–H and O–H groups in total. The second-order valence-electron chi connectivity index (χ2n) is 4.90. The number of aryl methyl sites for hydroxylation is 1. The van der Waals surface area contributed by atoms with Crippen LogP contribution in [-0.4, -0.2) is 17.4 Å². The number of amides is 1. The molecule has 2 aromatic rings. The van der Waals surface area contributed by atoms with Gasteiger partial charge < -0.3 is 10.6 Å². The SMILES string of the molecule is N#Cc1ccc(C(=O)Nc2ccc3c(c2)CCCN3)nc1. The van der Waals surface area contributed by atoms with Gasteiger partial charge in [0.1, 0.15) is 11.8 Å². The first-order valence-corrected chi connectivity index (χ1v) is 6.80. The lowest BCUT2D eigenvalue weighted by Gasteiger charge is -2.18. The number of aromatic nitrogens is 1. The van der Waals surface area contributed by atoms with Gasteiger partial charge in [-0.1, -0.05) is 0 Å². The Morgan fingerprint density at radius 1 is 1.33 bits per heavy atom. The summed E-state index contributed by atoms with van der Waals surface area (Å²) in [5, 5.41) is 14.9. The van der Waals surface area contributed by atoms with E-state index in [1.54, 1.807) is 12.1 Å². The predicted molar refractivity (Wildman–Crippen MR) is 80.2 cm³/mol. The second kappa shape index (κ2) is 5.63. The van der Waals surface area contributed by atoms with Crippen molar-refractivity contribution in [2.75, 3.05) is 17.2 Å². The molecular formula is C16H14N4O. The fourth-order valence-electron chi connectivity index (χ4n) is 2.34. The minimum Gasteiger partial charge on any atom is -0.385 e. The minimum absolute atomic E-state index is 0.275. The van der Waals surface area contributed by atoms with Crippen LogP contribution in [0.2, 0.25) is 0 Å². The summed E-state index contributed by atoms with van der Waals surface area (Å²) in [6, 6.07) is 11.0. The molecule has 0 fully saturated rings. The molecule has 104 valence electrons. The first-order valence-electron chi connectivity index (χ1n) is 6.80. The molecule has 0 spiro atoms. The van der Waals surface area contributed by atoms with E-state index in [1.807, 2.05) is 24.3 Å². The third-order valence-electron chi connectivity index (χ3n) is 3.43. The van der Waals surface area contributed by atoms with Crippen molar-refractivity contribution >= 4 is 17.3 Å². The number of rotatable bonds is 2. The molecular weight excluding hydrogens is 264 g/mol. The van der Waals surface area contributed by atoms with Crippen molar-refractivity contribution < 1.29 is 4.79 Å². The van der Waals surface area contributed by atoms with Crippen molar-refractivity contribution in [2.24, 2.45) is 0 Å². The Morgan fingerprint density at radius 2 is 2.24 bits per heavy atom. The molecule has 5 nitrogen and oxygen atoms in total. The van der Waals surface area contributed by atoms with Crippen LogP contribution in [0.25, 0.3) is 0 Å². The van der Waals surface area contributed by atoms with Crippen molar-refractivity contribution in [3.63, 3.8) is 0 Å². The number of pyridine rings is 1. The molecule has 1 aliphatic heterocycles. The topological polar surface area (TPSA) is 77.8 Å². The molecule has 0 saturated carbocycles. The Bertz CT molecular complexity index is 716. The normalized spacial score (nSPS) is 12.7. The van der Waals surface area contributed by atoms with E-state index in [9.17, 15) is 4.79 Å². The van der Waals surface area contributed by atoms with Gasteiger partial charge in [-0.15, -0.1) is 0 Å². The zero-order valence-electron chi connectivity index (χ0n) is 11.4. The summed E-state index contributed by atoms with van der Waals surface area (Å²) >= 11 is 0. The fraction of sp³-hybridized carbons (Fsp3) is 0.188. The zero-order chi connectivity index (χ0) is 14.7. The number of carbonyl (C=O) groups excluding carboxylic acids is 1. The maximum Gasteiger partial charge on any atom is 0.274 e. The van der Waals surface area contributed by atoms with Gasteiger partial charge in [0.15, 0.2) is 0 Å². The summed E-state index contributed by atoms with van der Waals surface area (Å²) < 4.78 is 0. The van der Waals surface area contributed by atoms with Gasteiger partial charge in [0.2, 0.25) is 0 Å². The fourth-order valence-corrected chi connectivity index (χ4v) is 2.34. The number of fused-ring (bicyclic) bond motifs is 1. The van der Waals surface area contributed by atoms with Crippen LogP contribution in [0.4, 0.5) is 11.4 Å². The first-order chi connectivity index (χ1) is 10.3. The number of benzene rings is 1. The van der Waals surface area contributed by atoms with Crippen LogP contribution < -0.4 is 10.6 Å². The number of nitrogens with one attached hydrogen (secondary N) is 2. The van der Waals surface area contributed by atoms with Crippen LogP contribution in [0.3, 0.4) is 0 Å². The molecule has 21 heavy (non-hydrogen) atoms. The van der Waals surface area contributed by atoms with Crippen LogP contribution in [0.5, 0.6) is 0 Å². The predicted octanol–water partition coefficient (Wildman–Crippen LogP) is 2.56. The third kappa shape index (κ3) is 2.84. The summed E-state index contributed by atoms with van der Waals surface area (Å²) in [5.74, 6) is -0.275. The smallest absolute Gasteiger partial charge is 0.274 e. The molecule has 0 unspecified atom stereocenters. The Labute approximate surface area is 122 Å². The highest BCUT2D eigenvalue weighted by molar-refractivity contribution is 6.03. The molecule has 0 bridgehead atoms. The standard InChI is InChI=1S/C16H14N4O/c17-9-11-3-5-15(19-10-11)16(21)20-13-4-6-14-12(8-13)2-1-7-18-14/h3-6,8,10,18H,1-2,7H2,(H,20,21). The van der Waals surface area contributed by atoms with Crippen molar-refractivity contribution in [3.8, 4) is 6.07 Å². The van der Waals surface area contributed by atoms with Crippen LogP contribution >= 0.6 is 0 Å². The highest BCUT2D eigenvalue weighted by atomic mass is 16.1. The lowest BCUT2D eigenvalue weighted by atomic mass is 10.0. The highest BCUT2D eigenvalue weighted by Gasteiger charge is 2.11. The molecule has 0 atom stereocenters. The number of nitriles is 1. The number of hydrogen-bond acceptors (Lipinski definition) is 4. The molecule has 1 aliphatic rings. The van der Waals surface area contributed by atoms with E-state index < -0.39 is 0 Å². The summed E-state index contributed by atoms with van der Waals surface area (Å²) in [6.07, 6.45) is 3.51. The highest BCUT2D eigenvalue weighted by Crippen LogP contribution is 2.25. The third-order valence-corrected chi connectivity index (χ3v) is 3.43. The minimum atomic E-state index is -0.275. The van der Waals surface area contributed by atoms with E-state index in [0.717, 1.165) is 30.8 Å². The van der Waals surface area contributed by atoms with Gasteiger partial charge in [-0.05, 0) is 48.7 Å². The van der Waals surface area contributed by atoms with Crippen LogP contribution in [0.1, 0.15) is 28.0 Å². The second-order valence-corrected chi connectivity index (χ2v) is 4.90. The maximum atomic E-state index is 12.1. The van der Waals surface area contributed by atoms with Gasteiger partial charge in [-0.3, -0.25) is 4.79 Å². The number of nitrogens with zero attached hydrogens (tertiary/aromatic N) is 2. The summed E-state index contributed by atoms with van der Waals surface area (Å²) in [4.78, 5) is 16.1. The van der Waals surface area contributed by atoms with Gasteiger partial charge in [0.05, 0.1) is 5.56 Å². The molecule has 0 radical (unpaired) electrons. The molecule has 1 amide bonds.